The quantitative estimate of drug-likeness (QED) is 0.882. The zero-order valence-corrected chi connectivity index (χ0v) is 16.3. The SMILES string of the molecule is Cc1cccc(N2CCN(C(=O)NC3CC(=O)N(C(C)(C)C)C3)CC2)c1. The molecule has 6 nitrogen and oxygen atoms in total. The fraction of sp³-hybridized carbons (Fsp3) is 0.600. The third kappa shape index (κ3) is 4.11. The maximum Gasteiger partial charge on any atom is 0.317 e. The van der Waals surface area contributed by atoms with Gasteiger partial charge in [0.25, 0.3) is 0 Å². The van der Waals surface area contributed by atoms with Gasteiger partial charge in [-0.1, -0.05) is 12.1 Å². The monoisotopic (exact) mass is 358 g/mol. The van der Waals surface area contributed by atoms with Crippen LogP contribution in [0.5, 0.6) is 0 Å². The topological polar surface area (TPSA) is 55.9 Å². The van der Waals surface area contributed by atoms with Crippen molar-refractivity contribution in [2.45, 2.75) is 45.7 Å². The van der Waals surface area contributed by atoms with E-state index in [-0.39, 0.29) is 23.5 Å². The molecule has 2 heterocycles. The Morgan fingerprint density at radius 1 is 1.15 bits per heavy atom. The number of carbonyl (C=O) groups is 2. The average molecular weight is 358 g/mol. The zero-order valence-electron chi connectivity index (χ0n) is 16.3. The van der Waals surface area contributed by atoms with E-state index in [1.54, 1.807) is 0 Å². The first-order chi connectivity index (χ1) is 12.2. The van der Waals surface area contributed by atoms with Gasteiger partial charge in [-0.2, -0.15) is 0 Å². The van der Waals surface area contributed by atoms with Crippen molar-refractivity contribution >= 4 is 17.6 Å². The molecule has 1 atom stereocenters. The summed E-state index contributed by atoms with van der Waals surface area (Å²) in [5.41, 5.74) is 2.26. The molecule has 1 aromatic rings. The van der Waals surface area contributed by atoms with Crippen LogP contribution < -0.4 is 10.2 Å². The average Bonchev–Trinajstić information content (AvgIpc) is 2.95. The van der Waals surface area contributed by atoms with Crippen molar-refractivity contribution in [1.82, 2.24) is 15.1 Å². The van der Waals surface area contributed by atoms with E-state index in [1.807, 2.05) is 30.6 Å². The highest BCUT2D eigenvalue weighted by Gasteiger charge is 2.37. The summed E-state index contributed by atoms with van der Waals surface area (Å²) in [5.74, 6) is 0.118. The summed E-state index contributed by atoms with van der Waals surface area (Å²) in [6, 6.07) is 8.32. The Morgan fingerprint density at radius 2 is 1.85 bits per heavy atom. The highest BCUT2D eigenvalue weighted by Crippen LogP contribution is 2.22. The number of piperazine rings is 1. The Kier molecular flexibility index (Phi) is 5.12. The number of anilines is 1. The maximum absolute atomic E-state index is 12.6. The van der Waals surface area contributed by atoms with Crippen LogP contribution in [0.2, 0.25) is 0 Å². The van der Waals surface area contributed by atoms with Crippen LogP contribution in [0.25, 0.3) is 0 Å². The molecule has 0 bridgehead atoms. The second-order valence-corrected chi connectivity index (χ2v) is 8.34. The van der Waals surface area contributed by atoms with Crippen LogP contribution >= 0.6 is 0 Å². The lowest BCUT2D eigenvalue weighted by molar-refractivity contribution is -0.131. The number of hydrogen-bond donors (Lipinski definition) is 1. The van der Waals surface area contributed by atoms with Gasteiger partial charge in [0, 0.05) is 50.4 Å². The minimum Gasteiger partial charge on any atom is -0.368 e. The number of nitrogens with zero attached hydrogens (tertiary/aromatic N) is 3. The lowest BCUT2D eigenvalue weighted by Crippen LogP contribution is -2.54. The summed E-state index contributed by atoms with van der Waals surface area (Å²) < 4.78 is 0. The number of aryl methyl sites for hydroxylation is 1. The van der Waals surface area contributed by atoms with Crippen LogP contribution in [0, 0.1) is 6.92 Å². The summed E-state index contributed by atoms with van der Waals surface area (Å²) in [6.07, 6.45) is 0.395. The Morgan fingerprint density at radius 3 is 2.42 bits per heavy atom. The van der Waals surface area contributed by atoms with Gasteiger partial charge >= 0.3 is 6.03 Å². The molecule has 0 spiro atoms. The van der Waals surface area contributed by atoms with Crippen molar-refractivity contribution in [3.8, 4) is 0 Å². The highest BCUT2D eigenvalue weighted by atomic mass is 16.2. The van der Waals surface area contributed by atoms with Gasteiger partial charge < -0.3 is 20.0 Å². The van der Waals surface area contributed by atoms with E-state index in [2.05, 4.69) is 41.4 Å². The molecule has 3 rings (SSSR count). The van der Waals surface area contributed by atoms with E-state index in [9.17, 15) is 9.59 Å². The minimum absolute atomic E-state index is 0.0533. The van der Waals surface area contributed by atoms with E-state index in [1.165, 1.54) is 11.3 Å². The Labute approximate surface area is 156 Å². The molecule has 1 N–H and O–H groups in total. The number of hydrogen-bond acceptors (Lipinski definition) is 3. The first-order valence-electron chi connectivity index (χ1n) is 9.41. The molecule has 0 aromatic heterocycles. The molecule has 2 aliphatic rings. The number of rotatable bonds is 2. The lowest BCUT2D eigenvalue weighted by Gasteiger charge is -2.36. The zero-order chi connectivity index (χ0) is 18.9. The van der Waals surface area contributed by atoms with Crippen molar-refractivity contribution in [2.75, 3.05) is 37.6 Å². The Bertz CT molecular complexity index is 675. The number of carbonyl (C=O) groups excluding carboxylic acids is 2. The van der Waals surface area contributed by atoms with Crippen LogP contribution in [-0.4, -0.2) is 66.0 Å². The third-order valence-corrected chi connectivity index (χ3v) is 5.20. The fourth-order valence-corrected chi connectivity index (χ4v) is 3.71. The predicted octanol–water partition coefficient (Wildman–Crippen LogP) is 2.23. The van der Waals surface area contributed by atoms with Crippen LogP contribution in [-0.2, 0) is 4.79 Å². The van der Waals surface area contributed by atoms with Crippen LogP contribution in [0.15, 0.2) is 24.3 Å². The third-order valence-electron chi connectivity index (χ3n) is 5.20. The first kappa shape index (κ1) is 18.5. The molecule has 142 valence electrons. The number of benzene rings is 1. The van der Waals surface area contributed by atoms with E-state index in [0.29, 0.717) is 26.1 Å². The van der Waals surface area contributed by atoms with Crippen LogP contribution in [0.3, 0.4) is 0 Å². The highest BCUT2D eigenvalue weighted by molar-refractivity contribution is 5.82. The molecule has 1 unspecified atom stereocenters. The number of amides is 3. The molecular formula is C20H30N4O2. The summed E-state index contributed by atoms with van der Waals surface area (Å²) in [7, 11) is 0. The standard InChI is InChI=1S/C20H30N4O2/c1-15-6-5-7-17(12-15)22-8-10-23(11-9-22)19(26)21-16-13-18(25)24(14-16)20(2,3)4/h5-7,12,16H,8-11,13-14H2,1-4H3,(H,21,26). The molecule has 0 aliphatic carbocycles. The Balaban J connectivity index is 1.51. The molecule has 1 aromatic carbocycles. The normalized spacial score (nSPS) is 21.3. The molecule has 2 fully saturated rings. The van der Waals surface area contributed by atoms with Crippen molar-refractivity contribution in [3.05, 3.63) is 29.8 Å². The summed E-state index contributed by atoms with van der Waals surface area (Å²) in [5, 5.41) is 3.05. The van der Waals surface area contributed by atoms with Gasteiger partial charge in [0.15, 0.2) is 0 Å². The van der Waals surface area contributed by atoms with Crippen molar-refractivity contribution in [1.29, 1.82) is 0 Å². The molecule has 0 saturated carbocycles. The molecular weight excluding hydrogens is 328 g/mol. The van der Waals surface area contributed by atoms with E-state index < -0.39 is 0 Å². The molecule has 2 aliphatic heterocycles. The fourth-order valence-electron chi connectivity index (χ4n) is 3.71. The summed E-state index contributed by atoms with van der Waals surface area (Å²) in [6.45, 7) is 11.8. The number of nitrogens with one attached hydrogen (secondary N) is 1. The van der Waals surface area contributed by atoms with Crippen molar-refractivity contribution < 1.29 is 9.59 Å². The van der Waals surface area contributed by atoms with Gasteiger partial charge in [0.1, 0.15) is 0 Å². The molecule has 26 heavy (non-hydrogen) atoms. The molecule has 2 saturated heterocycles. The van der Waals surface area contributed by atoms with Gasteiger partial charge in [-0.3, -0.25) is 4.79 Å². The number of urea groups is 1. The van der Waals surface area contributed by atoms with Crippen molar-refractivity contribution in [3.63, 3.8) is 0 Å². The lowest BCUT2D eigenvalue weighted by atomic mass is 10.1. The van der Waals surface area contributed by atoms with E-state index in [0.717, 1.165) is 13.1 Å². The molecule has 0 radical (unpaired) electrons. The van der Waals surface area contributed by atoms with Crippen LogP contribution in [0.4, 0.5) is 10.5 Å². The summed E-state index contributed by atoms with van der Waals surface area (Å²) in [4.78, 5) is 30.8. The second kappa shape index (κ2) is 7.17. The second-order valence-electron chi connectivity index (χ2n) is 8.34. The largest absolute Gasteiger partial charge is 0.368 e. The van der Waals surface area contributed by atoms with Gasteiger partial charge in [-0.25, -0.2) is 4.79 Å². The van der Waals surface area contributed by atoms with Crippen LogP contribution in [0.1, 0.15) is 32.8 Å². The minimum atomic E-state index is -0.198. The van der Waals surface area contributed by atoms with Gasteiger partial charge in [0.2, 0.25) is 5.91 Å². The molecule has 6 heteroatoms. The Hall–Kier alpha value is -2.24. The smallest absolute Gasteiger partial charge is 0.317 e. The molecule has 3 amide bonds. The van der Waals surface area contributed by atoms with E-state index >= 15 is 0 Å². The maximum atomic E-state index is 12.6. The first-order valence-corrected chi connectivity index (χ1v) is 9.41. The summed E-state index contributed by atoms with van der Waals surface area (Å²) >= 11 is 0. The van der Waals surface area contributed by atoms with E-state index in [4.69, 9.17) is 0 Å². The number of likely N-dealkylation sites (tertiary alicyclic amines) is 1. The van der Waals surface area contributed by atoms with Gasteiger partial charge in [-0.15, -0.1) is 0 Å². The van der Waals surface area contributed by atoms with Gasteiger partial charge in [0.05, 0.1) is 6.04 Å². The van der Waals surface area contributed by atoms with Gasteiger partial charge in [-0.05, 0) is 45.4 Å². The predicted molar refractivity (Wildman–Crippen MR) is 103 cm³/mol. The van der Waals surface area contributed by atoms with Crippen molar-refractivity contribution in [2.24, 2.45) is 0 Å².